The van der Waals surface area contributed by atoms with Gasteiger partial charge in [-0.1, -0.05) is 23.7 Å². The van der Waals surface area contributed by atoms with Gasteiger partial charge in [0.1, 0.15) is 5.82 Å². The summed E-state index contributed by atoms with van der Waals surface area (Å²) in [6.45, 7) is 1.55. The zero-order valence-electron chi connectivity index (χ0n) is 10.3. The van der Waals surface area contributed by atoms with Gasteiger partial charge in [0, 0.05) is 11.1 Å². The van der Waals surface area contributed by atoms with Crippen molar-refractivity contribution in [3.8, 4) is 11.4 Å². The van der Waals surface area contributed by atoms with E-state index >= 15 is 0 Å². The van der Waals surface area contributed by atoms with Gasteiger partial charge in [-0.3, -0.25) is 4.79 Å². The van der Waals surface area contributed by atoms with E-state index in [4.69, 9.17) is 11.6 Å². The van der Waals surface area contributed by atoms with Gasteiger partial charge in [-0.15, -0.1) is 0 Å². The number of nitrogens with zero attached hydrogens (tertiary/aromatic N) is 1. The molecule has 94 valence electrons. The normalized spacial score (nSPS) is 10.8. The molecule has 3 nitrogen and oxygen atoms in total. The van der Waals surface area contributed by atoms with E-state index in [0.29, 0.717) is 16.4 Å². The summed E-state index contributed by atoms with van der Waals surface area (Å²) in [5.41, 5.74) is 3.18. The smallest absolute Gasteiger partial charge is 0.159 e. The fourth-order valence-corrected chi connectivity index (χ4v) is 2.23. The molecule has 0 spiro atoms. The summed E-state index contributed by atoms with van der Waals surface area (Å²) in [5, 5.41) is 0.647. The summed E-state index contributed by atoms with van der Waals surface area (Å²) in [6.07, 6.45) is 0. The van der Waals surface area contributed by atoms with Crippen molar-refractivity contribution in [2.75, 3.05) is 0 Å². The average molecular weight is 271 g/mol. The minimum absolute atomic E-state index is 0.0378. The Kier molecular flexibility index (Phi) is 2.84. The van der Waals surface area contributed by atoms with Crippen molar-refractivity contribution in [2.45, 2.75) is 6.92 Å². The summed E-state index contributed by atoms with van der Waals surface area (Å²) < 4.78 is 0. The topological polar surface area (TPSA) is 45.8 Å². The number of nitrogens with one attached hydrogen (secondary N) is 1. The molecule has 0 aliphatic carbocycles. The fraction of sp³-hybridized carbons (Fsp3) is 0.0667. The van der Waals surface area contributed by atoms with E-state index in [0.717, 1.165) is 16.6 Å². The molecule has 0 fully saturated rings. The Morgan fingerprint density at radius 2 is 2.00 bits per heavy atom. The highest BCUT2D eigenvalue weighted by atomic mass is 35.5. The Morgan fingerprint density at radius 1 is 1.21 bits per heavy atom. The predicted octanol–water partition coefficient (Wildman–Crippen LogP) is 4.09. The molecular formula is C15H11ClN2O. The summed E-state index contributed by atoms with van der Waals surface area (Å²) in [7, 11) is 0. The first-order valence-electron chi connectivity index (χ1n) is 5.91. The molecule has 0 atom stereocenters. The van der Waals surface area contributed by atoms with Crippen LogP contribution < -0.4 is 0 Å². The molecule has 0 bridgehead atoms. The third-order valence-electron chi connectivity index (χ3n) is 3.02. The lowest BCUT2D eigenvalue weighted by molar-refractivity contribution is 0.101. The second-order valence-electron chi connectivity index (χ2n) is 4.35. The molecule has 1 heterocycles. The van der Waals surface area contributed by atoms with Gasteiger partial charge in [-0.25, -0.2) is 4.98 Å². The minimum Gasteiger partial charge on any atom is -0.338 e. The zero-order chi connectivity index (χ0) is 13.4. The first-order chi connectivity index (χ1) is 9.15. The van der Waals surface area contributed by atoms with E-state index in [2.05, 4.69) is 9.97 Å². The molecule has 1 N–H and O–H groups in total. The molecule has 3 rings (SSSR count). The summed E-state index contributed by atoms with van der Waals surface area (Å²) in [5.74, 6) is 0.747. The van der Waals surface area contributed by atoms with E-state index < -0.39 is 0 Å². The van der Waals surface area contributed by atoms with Crippen LogP contribution in [-0.4, -0.2) is 15.8 Å². The Labute approximate surface area is 115 Å². The number of H-pyrrole nitrogens is 1. The Bertz CT molecular complexity index is 777. The van der Waals surface area contributed by atoms with E-state index in [1.807, 2.05) is 36.4 Å². The van der Waals surface area contributed by atoms with Crippen LogP contribution >= 0.6 is 11.6 Å². The largest absolute Gasteiger partial charge is 0.338 e. The number of carbonyl (C=O) groups excluding carboxylic acids is 1. The lowest BCUT2D eigenvalue weighted by atomic mass is 10.1. The number of fused-ring (bicyclic) bond motifs is 1. The number of aromatic amines is 1. The quantitative estimate of drug-likeness (QED) is 0.713. The second-order valence-corrected chi connectivity index (χ2v) is 4.76. The van der Waals surface area contributed by atoms with E-state index in [1.165, 1.54) is 0 Å². The van der Waals surface area contributed by atoms with Crippen LogP contribution in [0.1, 0.15) is 17.3 Å². The maximum Gasteiger partial charge on any atom is 0.159 e. The first kappa shape index (κ1) is 11.9. The second kappa shape index (κ2) is 4.52. The number of aromatic nitrogens is 2. The number of hydrogen-bond donors (Lipinski definition) is 1. The lowest BCUT2D eigenvalue weighted by Crippen LogP contribution is -1.90. The van der Waals surface area contributed by atoms with Gasteiger partial charge in [0.15, 0.2) is 5.78 Å². The van der Waals surface area contributed by atoms with E-state index in [9.17, 15) is 4.79 Å². The molecule has 0 saturated heterocycles. The molecule has 0 aliphatic heterocycles. The first-order valence-corrected chi connectivity index (χ1v) is 6.28. The molecule has 0 amide bonds. The Morgan fingerprint density at radius 3 is 2.74 bits per heavy atom. The van der Waals surface area contributed by atoms with Crippen LogP contribution in [0.15, 0.2) is 42.5 Å². The fourth-order valence-electron chi connectivity index (χ4n) is 2.01. The zero-order valence-corrected chi connectivity index (χ0v) is 11.0. The number of rotatable bonds is 2. The number of ketones is 1. The number of imidazole rings is 1. The molecule has 0 radical (unpaired) electrons. The van der Waals surface area contributed by atoms with Crippen LogP contribution in [0.5, 0.6) is 0 Å². The highest BCUT2D eigenvalue weighted by Gasteiger charge is 2.09. The summed E-state index contributed by atoms with van der Waals surface area (Å²) in [4.78, 5) is 19.1. The number of benzene rings is 2. The molecule has 4 heteroatoms. The molecule has 0 aliphatic rings. The van der Waals surface area contributed by atoms with Crippen molar-refractivity contribution in [2.24, 2.45) is 0 Å². The highest BCUT2D eigenvalue weighted by Crippen LogP contribution is 2.27. The number of halogens is 1. The Balaban J connectivity index is 2.17. The number of Topliss-reactive ketones (excluding diaryl/α,β-unsaturated/α-hetero) is 1. The molecule has 3 aromatic rings. The summed E-state index contributed by atoms with van der Waals surface area (Å²) in [6, 6.07) is 12.9. The van der Waals surface area contributed by atoms with Gasteiger partial charge in [-0.2, -0.15) is 0 Å². The lowest BCUT2D eigenvalue weighted by Gasteiger charge is -1.98. The SMILES string of the molecule is CC(=O)c1ccc2nc(-c3ccccc3Cl)[nH]c2c1. The molecule has 1 aromatic heterocycles. The highest BCUT2D eigenvalue weighted by molar-refractivity contribution is 6.33. The van der Waals surface area contributed by atoms with Gasteiger partial charge in [-0.05, 0) is 37.3 Å². The average Bonchev–Trinajstić information content (AvgIpc) is 2.81. The van der Waals surface area contributed by atoms with Crippen molar-refractivity contribution in [3.05, 3.63) is 53.1 Å². The Hall–Kier alpha value is -2.13. The van der Waals surface area contributed by atoms with Crippen molar-refractivity contribution >= 4 is 28.4 Å². The van der Waals surface area contributed by atoms with E-state index in [1.54, 1.807) is 13.0 Å². The maximum absolute atomic E-state index is 11.4. The number of hydrogen-bond acceptors (Lipinski definition) is 2. The summed E-state index contributed by atoms with van der Waals surface area (Å²) >= 11 is 6.15. The molecule has 2 aromatic carbocycles. The van der Waals surface area contributed by atoms with Gasteiger partial charge >= 0.3 is 0 Å². The van der Waals surface area contributed by atoms with Crippen molar-refractivity contribution in [1.82, 2.24) is 9.97 Å². The van der Waals surface area contributed by atoms with Crippen molar-refractivity contribution in [1.29, 1.82) is 0 Å². The standard InChI is InChI=1S/C15H11ClN2O/c1-9(19)10-6-7-13-14(8-10)18-15(17-13)11-4-2-3-5-12(11)16/h2-8H,1H3,(H,17,18). The van der Waals surface area contributed by atoms with Crippen LogP contribution in [0.25, 0.3) is 22.4 Å². The van der Waals surface area contributed by atoms with Crippen LogP contribution in [0.2, 0.25) is 5.02 Å². The van der Waals surface area contributed by atoms with Crippen molar-refractivity contribution < 1.29 is 4.79 Å². The number of carbonyl (C=O) groups is 1. The maximum atomic E-state index is 11.4. The van der Waals surface area contributed by atoms with Gasteiger partial charge in [0.2, 0.25) is 0 Å². The minimum atomic E-state index is 0.0378. The van der Waals surface area contributed by atoms with Crippen LogP contribution in [0.3, 0.4) is 0 Å². The van der Waals surface area contributed by atoms with Gasteiger partial charge in [0.05, 0.1) is 16.1 Å². The molecule has 0 saturated carbocycles. The molecule has 0 unspecified atom stereocenters. The van der Waals surface area contributed by atoms with Crippen LogP contribution in [0, 0.1) is 0 Å². The molecular weight excluding hydrogens is 260 g/mol. The monoisotopic (exact) mass is 270 g/mol. The van der Waals surface area contributed by atoms with E-state index in [-0.39, 0.29) is 5.78 Å². The molecule has 19 heavy (non-hydrogen) atoms. The van der Waals surface area contributed by atoms with Gasteiger partial charge < -0.3 is 4.98 Å². The third kappa shape index (κ3) is 2.13. The van der Waals surface area contributed by atoms with Gasteiger partial charge in [0.25, 0.3) is 0 Å². The predicted molar refractivity (Wildman–Crippen MR) is 76.5 cm³/mol. The van der Waals surface area contributed by atoms with Crippen LogP contribution in [-0.2, 0) is 0 Å². The van der Waals surface area contributed by atoms with Crippen LogP contribution in [0.4, 0.5) is 0 Å². The van der Waals surface area contributed by atoms with Crippen molar-refractivity contribution in [3.63, 3.8) is 0 Å². The third-order valence-corrected chi connectivity index (χ3v) is 3.35.